The average molecular weight is 596 g/mol. The average Bonchev–Trinajstić information content (AvgIpc) is 2.89. The molecule has 1 saturated heterocycles. The molecule has 0 amide bonds. The van der Waals surface area contributed by atoms with E-state index in [0.29, 0.717) is 12.1 Å². The Balaban J connectivity index is 2.54. The van der Waals surface area contributed by atoms with Gasteiger partial charge in [-0.2, -0.15) is 4.99 Å². The number of carboxylic acids is 5. The summed E-state index contributed by atoms with van der Waals surface area (Å²) in [6.45, 7) is -2.53. The molecule has 15 nitrogen and oxygen atoms in total. The standard InChI is InChI=1S/C25H33N5O10S/c31-21(32)11-27-5-6-29(14-24(37)38)19(7-17-1-3-18(4-2-17)26-16-41)10-30(15-25(39)40)20(8-27)9-28(12-22(33)34)13-23(35)36/h1-4,19-20H,5-15H2,(H,31,32)(H,33,34)(H,35,36)(H,37,38)(H,39,40). The lowest BCUT2D eigenvalue weighted by Gasteiger charge is -2.38. The molecule has 1 aromatic rings. The zero-order valence-electron chi connectivity index (χ0n) is 22.2. The Morgan fingerprint density at radius 1 is 0.780 bits per heavy atom. The topological polar surface area (TPSA) is 212 Å². The van der Waals surface area contributed by atoms with Gasteiger partial charge in [0.05, 0.1) is 43.6 Å². The molecule has 0 spiro atoms. The van der Waals surface area contributed by atoms with Gasteiger partial charge in [-0.15, -0.1) is 0 Å². The Morgan fingerprint density at radius 3 is 1.85 bits per heavy atom. The van der Waals surface area contributed by atoms with Crippen molar-refractivity contribution in [3.05, 3.63) is 29.8 Å². The second-order valence-electron chi connectivity index (χ2n) is 9.65. The van der Waals surface area contributed by atoms with Crippen LogP contribution in [-0.2, 0) is 30.4 Å². The number of aliphatic carboxylic acids is 5. The Labute approximate surface area is 240 Å². The molecule has 0 bridgehead atoms. The van der Waals surface area contributed by atoms with Crippen LogP contribution in [-0.4, -0.2) is 158 Å². The largest absolute Gasteiger partial charge is 0.480 e. The lowest BCUT2D eigenvalue weighted by molar-refractivity contribution is -0.144. The predicted octanol–water partition coefficient (Wildman–Crippen LogP) is -0.655. The first-order valence-electron chi connectivity index (χ1n) is 12.5. The summed E-state index contributed by atoms with van der Waals surface area (Å²) in [6, 6.07) is 5.60. The van der Waals surface area contributed by atoms with Gasteiger partial charge in [0, 0.05) is 44.8 Å². The van der Waals surface area contributed by atoms with E-state index in [1.807, 2.05) is 0 Å². The van der Waals surface area contributed by atoms with Crippen LogP contribution < -0.4 is 0 Å². The quantitative estimate of drug-likeness (QED) is 0.126. The van der Waals surface area contributed by atoms with E-state index in [1.54, 1.807) is 29.2 Å². The van der Waals surface area contributed by atoms with Gasteiger partial charge >= 0.3 is 29.8 Å². The number of benzene rings is 1. The highest BCUT2D eigenvalue weighted by atomic mass is 32.1. The highest BCUT2D eigenvalue weighted by Gasteiger charge is 2.34. The summed E-state index contributed by atoms with van der Waals surface area (Å²) in [4.78, 5) is 68.0. The van der Waals surface area contributed by atoms with Crippen molar-refractivity contribution < 1.29 is 49.5 Å². The molecule has 41 heavy (non-hydrogen) atoms. The van der Waals surface area contributed by atoms with Crippen LogP contribution in [0.15, 0.2) is 29.3 Å². The second kappa shape index (κ2) is 16.5. The third-order valence-electron chi connectivity index (χ3n) is 6.46. The van der Waals surface area contributed by atoms with Gasteiger partial charge in [0.1, 0.15) is 0 Å². The van der Waals surface area contributed by atoms with E-state index in [-0.39, 0.29) is 32.7 Å². The molecule has 0 aliphatic carbocycles. The zero-order chi connectivity index (χ0) is 30.5. The molecule has 1 aromatic carbocycles. The maximum Gasteiger partial charge on any atom is 0.317 e. The number of carboxylic acid groups (broad SMARTS) is 5. The molecule has 2 rings (SSSR count). The zero-order valence-corrected chi connectivity index (χ0v) is 23.0. The normalized spacial score (nSPS) is 19.0. The lowest BCUT2D eigenvalue weighted by Crippen LogP contribution is -2.55. The third kappa shape index (κ3) is 12.5. The predicted molar refractivity (Wildman–Crippen MR) is 147 cm³/mol. The van der Waals surface area contributed by atoms with Crippen molar-refractivity contribution >= 4 is 52.9 Å². The minimum Gasteiger partial charge on any atom is -0.480 e. The van der Waals surface area contributed by atoms with Gasteiger partial charge in [-0.1, -0.05) is 12.1 Å². The van der Waals surface area contributed by atoms with Crippen LogP contribution >= 0.6 is 12.2 Å². The van der Waals surface area contributed by atoms with Gasteiger partial charge in [0.2, 0.25) is 0 Å². The van der Waals surface area contributed by atoms with Crippen molar-refractivity contribution in [2.45, 2.75) is 18.5 Å². The van der Waals surface area contributed by atoms with Gasteiger partial charge in [0.15, 0.2) is 0 Å². The number of nitrogens with zero attached hydrogens (tertiary/aromatic N) is 5. The summed E-state index contributed by atoms with van der Waals surface area (Å²) in [5, 5.41) is 49.8. The van der Waals surface area contributed by atoms with E-state index in [1.165, 1.54) is 9.80 Å². The number of hydrogen-bond acceptors (Lipinski definition) is 11. The van der Waals surface area contributed by atoms with Crippen molar-refractivity contribution in [2.75, 3.05) is 65.4 Å². The molecule has 0 saturated carbocycles. The van der Waals surface area contributed by atoms with Gasteiger partial charge in [-0.25, -0.2) is 0 Å². The first-order chi connectivity index (χ1) is 19.4. The van der Waals surface area contributed by atoms with Gasteiger partial charge < -0.3 is 25.5 Å². The molecule has 1 aliphatic heterocycles. The van der Waals surface area contributed by atoms with Gasteiger partial charge in [0.25, 0.3) is 0 Å². The highest BCUT2D eigenvalue weighted by molar-refractivity contribution is 7.78. The Morgan fingerprint density at radius 2 is 1.34 bits per heavy atom. The van der Waals surface area contributed by atoms with E-state index in [0.717, 1.165) is 10.5 Å². The fourth-order valence-corrected chi connectivity index (χ4v) is 4.95. The van der Waals surface area contributed by atoms with E-state index in [9.17, 15) is 49.5 Å². The Bertz CT molecular complexity index is 1130. The molecular formula is C25H33N5O10S. The lowest BCUT2D eigenvalue weighted by atomic mass is 10.0. The molecule has 1 aliphatic rings. The summed E-state index contributed by atoms with van der Waals surface area (Å²) in [7, 11) is 0. The third-order valence-corrected chi connectivity index (χ3v) is 6.55. The molecule has 5 N–H and O–H groups in total. The minimum atomic E-state index is -1.28. The number of carbonyl (C=O) groups is 5. The smallest absolute Gasteiger partial charge is 0.317 e. The van der Waals surface area contributed by atoms with E-state index < -0.39 is 74.7 Å². The molecule has 0 aromatic heterocycles. The van der Waals surface area contributed by atoms with Crippen LogP contribution in [0.1, 0.15) is 5.56 Å². The van der Waals surface area contributed by atoms with E-state index in [2.05, 4.69) is 22.4 Å². The first-order valence-corrected chi connectivity index (χ1v) is 13.0. The van der Waals surface area contributed by atoms with Gasteiger partial charge in [-0.05, 0) is 36.3 Å². The minimum absolute atomic E-state index is 0.0206. The number of hydrogen-bond donors (Lipinski definition) is 5. The van der Waals surface area contributed by atoms with Crippen LogP contribution in [0.5, 0.6) is 0 Å². The van der Waals surface area contributed by atoms with Crippen molar-refractivity contribution in [2.24, 2.45) is 4.99 Å². The van der Waals surface area contributed by atoms with Crippen molar-refractivity contribution in [3.8, 4) is 0 Å². The molecular weight excluding hydrogens is 562 g/mol. The number of aliphatic imine (C=N–C) groups is 1. The Kier molecular flexibility index (Phi) is 13.4. The van der Waals surface area contributed by atoms with Crippen molar-refractivity contribution in [1.82, 2.24) is 19.6 Å². The molecule has 2 atom stereocenters. The molecule has 1 fully saturated rings. The van der Waals surface area contributed by atoms with Crippen molar-refractivity contribution in [1.29, 1.82) is 0 Å². The summed E-state index contributed by atoms with van der Waals surface area (Å²) < 4.78 is 0. The van der Waals surface area contributed by atoms with Gasteiger partial charge in [-0.3, -0.25) is 43.6 Å². The SMILES string of the molecule is O=C(O)CN1CCN(CC(=O)O)C(Cc2ccc(N=C=S)cc2)CN(CC(=O)O)C(CN(CC(=O)O)CC(=O)O)C1. The molecule has 1 heterocycles. The molecule has 2 unspecified atom stereocenters. The maximum atomic E-state index is 11.9. The van der Waals surface area contributed by atoms with E-state index >= 15 is 0 Å². The monoisotopic (exact) mass is 595 g/mol. The van der Waals surface area contributed by atoms with Crippen LogP contribution in [0.3, 0.4) is 0 Å². The molecule has 0 radical (unpaired) electrons. The highest BCUT2D eigenvalue weighted by Crippen LogP contribution is 2.19. The fraction of sp³-hybridized carbons (Fsp3) is 0.520. The summed E-state index contributed by atoms with van der Waals surface area (Å²) in [5.41, 5.74) is 1.36. The Hall–Kier alpha value is -3.79. The number of thiocarbonyl (C=S) groups is 1. The molecule has 16 heteroatoms. The summed E-state index contributed by atoms with van der Waals surface area (Å²) >= 11 is 4.62. The van der Waals surface area contributed by atoms with Crippen LogP contribution in [0, 0.1) is 0 Å². The number of isothiocyanates is 1. The van der Waals surface area contributed by atoms with E-state index in [4.69, 9.17) is 0 Å². The second-order valence-corrected chi connectivity index (χ2v) is 9.84. The number of rotatable bonds is 15. The van der Waals surface area contributed by atoms with Crippen LogP contribution in [0.4, 0.5) is 5.69 Å². The van der Waals surface area contributed by atoms with Crippen LogP contribution in [0.25, 0.3) is 0 Å². The fourth-order valence-electron chi connectivity index (χ4n) is 4.84. The maximum absolute atomic E-state index is 11.9. The van der Waals surface area contributed by atoms with Crippen molar-refractivity contribution in [3.63, 3.8) is 0 Å². The first kappa shape index (κ1) is 33.4. The van der Waals surface area contributed by atoms with Crippen LogP contribution in [0.2, 0.25) is 0 Å². The summed E-state index contributed by atoms with van der Waals surface area (Å²) in [5.74, 6) is -6.07. The summed E-state index contributed by atoms with van der Waals surface area (Å²) in [6.07, 6.45) is 0.296. The molecule has 224 valence electrons.